The Morgan fingerprint density at radius 3 is 2.46 bits per heavy atom. The summed E-state index contributed by atoms with van der Waals surface area (Å²) in [4.78, 5) is 26.1. The maximum atomic E-state index is 12.2. The van der Waals surface area contributed by atoms with E-state index in [1.165, 1.54) is 9.75 Å². The minimum atomic E-state index is -0.918. The number of carboxylic acids is 1. The third-order valence-corrected chi connectivity index (χ3v) is 5.05. The van der Waals surface area contributed by atoms with E-state index in [2.05, 4.69) is 24.4 Å². The molecule has 1 aromatic carbocycles. The summed E-state index contributed by atoms with van der Waals surface area (Å²) in [5.74, 6) is -1.71. The Morgan fingerprint density at radius 2 is 1.88 bits per heavy atom. The summed E-state index contributed by atoms with van der Waals surface area (Å²) < 4.78 is 0. The molecular formula is C19H23NO3S. The van der Waals surface area contributed by atoms with Gasteiger partial charge in [0, 0.05) is 16.2 Å². The quantitative estimate of drug-likeness (QED) is 0.761. The van der Waals surface area contributed by atoms with Crippen molar-refractivity contribution in [2.75, 3.05) is 0 Å². The number of nitrogens with one attached hydrogen (secondary N) is 1. The molecule has 2 aromatic rings. The summed E-state index contributed by atoms with van der Waals surface area (Å²) in [5, 5.41) is 12.2. The van der Waals surface area contributed by atoms with Crippen molar-refractivity contribution >= 4 is 23.2 Å². The molecule has 24 heavy (non-hydrogen) atoms. The molecule has 0 aliphatic carbocycles. The molecule has 0 saturated carbocycles. The number of benzene rings is 1. The van der Waals surface area contributed by atoms with Crippen LogP contribution in [0.5, 0.6) is 0 Å². The highest BCUT2D eigenvalue weighted by atomic mass is 32.1. The standard InChI is InChI=1S/C19H23NO3S/c1-13-11-12-16(24-13)9-6-10-17(21)20-18(14(2)19(22)23)15-7-4-3-5-8-15/h3-5,7-8,11-12,14,18H,6,9-10H2,1-2H3,(H,20,21)(H,22,23). The second kappa shape index (κ2) is 8.64. The van der Waals surface area contributed by atoms with E-state index in [-0.39, 0.29) is 5.91 Å². The first-order valence-corrected chi connectivity index (χ1v) is 8.91. The molecule has 2 atom stereocenters. The van der Waals surface area contributed by atoms with Crippen LogP contribution in [0.25, 0.3) is 0 Å². The van der Waals surface area contributed by atoms with E-state index in [9.17, 15) is 14.7 Å². The summed E-state index contributed by atoms with van der Waals surface area (Å²) >= 11 is 1.75. The van der Waals surface area contributed by atoms with Gasteiger partial charge in [0.1, 0.15) is 0 Å². The molecule has 0 aliphatic heterocycles. The van der Waals surface area contributed by atoms with Crippen LogP contribution in [-0.2, 0) is 16.0 Å². The molecule has 5 heteroatoms. The van der Waals surface area contributed by atoms with Gasteiger partial charge in [-0.1, -0.05) is 30.3 Å². The summed E-state index contributed by atoms with van der Waals surface area (Å²) in [5.41, 5.74) is 0.814. The lowest BCUT2D eigenvalue weighted by molar-refractivity contribution is -0.142. The number of hydrogen-bond donors (Lipinski definition) is 2. The minimum Gasteiger partial charge on any atom is -0.481 e. The van der Waals surface area contributed by atoms with Crippen molar-refractivity contribution in [1.29, 1.82) is 0 Å². The molecule has 128 valence electrons. The number of carbonyl (C=O) groups excluding carboxylic acids is 1. The SMILES string of the molecule is Cc1ccc(CCCC(=O)NC(c2ccccc2)C(C)C(=O)O)s1. The first-order valence-electron chi connectivity index (χ1n) is 8.10. The van der Waals surface area contributed by atoms with Crippen molar-refractivity contribution in [2.24, 2.45) is 5.92 Å². The van der Waals surface area contributed by atoms with Crippen LogP contribution in [0.3, 0.4) is 0 Å². The Labute approximate surface area is 146 Å². The van der Waals surface area contributed by atoms with E-state index < -0.39 is 17.9 Å². The predicted molar refractivity (Wildman–Crippen MR) is 96.1 cm³/mol. The van der Waals surface area contributed by atoms with Gasteiger partial charge in [-0.25, -0.2) is 0 Å². The van der Waals surface area contributed by atoms with Gasteiger partial charge in [-0.2, -0.15) is 0 Å². The van der Waals surface area contributed by atoms with Crippen molar-refractivity contribution in [3.63, 3.8) is 0 Å². The average Bonchev–Trinajstić information content (AvgIpc) is 2.98. The van der Waals surface area contributed by atoms with Crippen molar-refractivity contribution in [2.45, 2.75) is 39.2 Å². The van der Waals surface area contributed by atoms with E-state index >= 15 is 0 Å². The number of carboxylic acid groups (broad SMARTS) is 1. The molecule has 0 radical (unpaired) electrons. The molecule has 1 amide bonds. The van der Waals surface area contributed by atoms with Gasteiger partial charge in [0.2, 0.25) is 5.91 Å². The molecule has 1 aromatic heterocycles. The molecular weight excluding hydrogens is 322 g/mol. The van der Waals surface area contributed by atoms with Crippen molar-refractivity contribution in [1.82, 2.24) is 5.32 Å². The maximum Gasteiger partial charge on any atom is 0.308 e. The maximum absolute atomic E-state index is 12.2. The molecule has 2 N–H and O–H groups in total. The summed E-state index contributed by atoms with van der Waals surface area (Å²) in [6.07, 6.45) is 2.03. The van der Waals surface area contributed by atoms with Crippen LogP contribution in [0.2, 0.25) is 0 Å². The number of rotatable bonds is 8. The number of amides is 1. The fraction of sp³-hybridized carbons (Fsp3) is 0.368. The van der Waals surface area contributed by atoms with Crippen molar-refractivity contribution in [3.05, 3.63) is 57.8 Å². The van der Waals surface area contributed by atoms with Gasteiger partial charge < -0.3 is 10.4 Å². The third-order valence-electron chi connectivity index (χ3n) is 3.99. The zero-order valence-corrected chi connectivity index (χ0v) is 14.8. The van der Waals surface area contributed by atoms with Crippen LogP contribution in [0.15, 0.2) is 42.5 Å². The van der Waals surface area contributed by atoms with Crippen LogP contribution in [0, 0.1) is 12.8 Å². The summed E-state index contributed by atoms with van der Waals surface area (Å²) in [6, 6.07) is 12.9. The fourth-order valence-electron chi connectivity index (χ4n) is 2.59. The molecule has 0 bridgehead atoms. The second-order valence-corrected chi connectivity index (χ2v) is 7.32. The number of aryl methyl sites for hydroxylation is 2. The summed E-state index contributed by atoms with van der Waals surface area (Å²) in [6.45, 7) is 3.69. The van der Waals surface area contributed by atoms with Gasteiger partial charge >= 0.3 is 5.97 Å². The van der Waals surface area contributed by atoms with Crippen LogP contribution in [0.1, 0.15) is 41.1 Å². The lowest BCUT2D eigenvalue weighted by Gasteiger charge is -2.23. The largest absolute Gasteiger partial charge is 0.481 e. The minimum absolute atomic E-state index is 0.106. The van der Waals surface area contributed by atoms with Gasteiger partial charge in [-0.15, -0.1) is 11.3 Å². The average molecular weight is 345 g/mol. The van der Waals surface area contributed by atoms with Gasteiger partial charge in [-0.05, 0) is 44.4 Å². The lowest BCUT2D eigenvalue weighted by atomic mass is 9.94. The summed E-state index contributed by atoms with van der Waals surface area (Å²) in [7, 11) is 0. The molecule has 0 aliphatic rings. The number of carbonyl (C=O) groups is 2. The molecule has 1 heterocycles. The Hall–Kier alpha value is -2.14. The number of hydrogen-bond acceptors (Lipinski definition) is 3. The second-order valence-electron chi connectivity index (χ2n) is 5.95. The molecule has 0 fully saturated rings. The van der Waals surface area contributed by atoms with Gasteiger partial charge in [0.25, 0.3) is 0 Å². The molecule has 0 saturated heterocycles. The van der Waals surface area contributed by atoms with E-state index in [0.717, 1.165) is 18.4 Å². The van der Waals surface area contributed by atoms with Crippen LogP contribution in [-0.4, -0.2) is 17.0 Å². The Morgan fingerprint density at radius 1 is 1.17 bits per heavy atom. The molecule has 0 spiro atoms. The fourth-order valence-corrected chi connectivity index (χ4v) is 3.52. The van der Waals surface area contributed by atoms with E-state index in [4.69, 9.17) is 0 Å². The number of thiophene rings is 1. The topological polar surface area (TPSA) is 66.4 Å². The predicted octanol–water partition coefficient (Wildman–Crippen LogP) is 3.96. The Balaban J connectivity index is 1.93. The van der Waals surface area contributed by atoms with E-state index in [0.29, 0.717) is 6.42 Å². The monoisotopic (exact) mass is 345 g/mol. The van der Waals surface area contributed by atoms with Crippen molar-refractivity contribution < 1.29 is 14.7 Å². The van der Waals surface area contributed by atoms with E-state index in [1.807, 2.05) is 30.3 Å². The van der Waals surface area contributed by atoms with Crippen molar-refractivity contribution in [3.8, 4) is 0 Å². The molecule has 2 rings (SSSR count). The first-order chi connectivity index (χ1) is 11.5. The smallest absolute Gasteiger partial charge is 0.308 e. The van der Waals surface area contributed by atoms with Crippen LogP contribution >= 0.6 is 11.3 Å². The number of aliphatic carboxylic acids is 1. The van der Waals surface area contributed by atoms with Crippen LogP contribution < -0.4 is 5.32 Å². The zero-order valence-electron chi connectivity index (χ0n) is 14.0. The van der Waals surface area contributed by atoms with Gasteiger partial charge in [-0.3, -0.25) is 9.59 Å². The zero-order chi connectivity index (χ0) is 17.5. The third kappa shape index (κ3) is 5.20. The first kappa shape index (κ1) is 18.2. The van der Waals surface area contributed by atoms with Gasteiger partial charge in [0.05, 0.1) is 12.0 Å². The molecule has 4 nitrogen and oxygen atoms in total. The lowest BCUT2D eigenvalue weighted by Crippen LogP contribution is -2.35. The Kier molecular flexibility index (Phi) is 6.55. The highest BCUT2D eigenvalue weighted by Gasteiger charge is 2.26. The normalized spacial score (nSPS) is 13.2. The van der Waals surface area contributed by atoms with E-state index in [1.54, 1.807) is 18.3 Å². The highest BCUT2D eigenvalue weighted by Crippen LogP contribution is 2.23. The highest BCUT2D eigenvalue weighted by molar-refractivity contribution is 7.11. The van der Waals surface area contributed by atoms with Gasteiger partial charge in [0.15, 0.2) is 0 Å². The van der Waals surface area contributed by atoms with Crippen LogP contribution in [0.4, 0.5) is 0 Å². The Bertz CT molecular complexity index is 681. The molecule has 2 unspecified atom stereocenters.